The van der Waals surface area contributed by atoms with E-state index >= 15 is 0 Å². The van der Waals surface area contributed by atoms with Crippen LogP contribution < -0.4 is 10.0 Å². The zero-order valence-corrected chi connectivity index (χ0v) is 14.6. The van der Waals surface area contributed by atoms with Crippen molar-refractivity contribution in [3.05, 3.63) is 16.5 Å². The van der Waals surface area contributed by atoms with Gasteiger partial charge in [-0.1, -0.05) is 0 Å². The zero-order chi connectivity index (χ0) is 15.5. The monoisotopic (exact) mass is 380 g/mol. The third-order valence-corrected chi connectivity index (χ3v) is 6.04. The molecule has 0 aromatic carbocycles. The second-order valence-electron chi connectivity index (χ2n) is 5.45. The minimum Gasteiger partial charge on any atom is -0.452 e. The fourth-order valence-electron chi connectivity index (χ4n) is 2.18. The van der Waals surface area contributed by atoms with Crippen LogP contribution >= 0.6 is 15.9 Å². The van der Waals surface area contributed by atoms with Crippen LogP contribution in [0.15, 0.2) is 20.0 Å². The van der Waals surface area contributed by atoms with Gasteiger partial charge in [0.15, 0.2) is 4.67 Å². The molecule has 6 nitrogen and oxygen atoms in total. The zero-order valence-electron chi connectivity index (χ0n) is 12.2. The van der Waals surface area contributed by atoms with Crippen molar-refractivity contribution in [2.24, 2.45) is 5.41 Å². The van der Waals surface area contributed by atoms with Gasteiger partial charge in [-0.25, -0.2) is 13.1 Å². The lowest BCUT2D eigenvalue weighted by Gasteiger charge is -2.15. The number of sulfonamides is 1. The highest BCUT2D eigenvalue weighted by Crippen LogP contribution is 2.48. The molecular formula is C13H21BrN2O4S. The summed E-state index contributed by atoms with van der Waals surface area (Å²) in [6, 6.07) is 1.54. The maximum Gasteiger partial charge on any atom is 0.244 e. The first-order valence-corrected chi connectivity index (χ1v) is 9.11. The highest BCUT2D eigenvalue weighted by molar-refractivity contribution is 9.10. The standard InChI is InChI=1S/C13H21BrN2O4S/c1-15-8-10-7-11(12(14)20-10)21(17,18)16-9-13(3-4-13)5-6-19-2/h7,15-16H,3-6,8-9H2,1-2H3. The summed E-state index contributed by atoms with van der Waals surface area (Å²) in [6.45, 7) is 1.58. The molecular weight excluding hydrogens is 360 g/mol. The molecule has 2 N–H and O–H groups in total. The second-order valence-corrected chi connectivity index (χ2v) is 7.90. The van der Waals surface area contributed by atoms with Crippen LogP contribution in [0.1, 0.15) is 25.0 Å². The number of ether oxygens (including phenoxy) is 1. The van der Waals surface area contributed by atoms with Crippen molar-refractivity contribution in [1.82, 2.24) is 10.0 Å². The molecule has 1 aromatic heterocycles. The number of hydrogen-bond acceptors (Lipinski definition) is 5. The average molecular weight is 381 g/mol. The Balaban J connectivity index is 2.02. The Labute approximate surface area is 133 Å². The van der Waals surface area contributed by atoms with Gasteiger partial charge >= 0.3 is 0 Å². The lowest BCUT2D eigenvalue weighted by atomic mass is 10.0. The molecule has 0 atom stereocenters. The maximum absolute atomic E-state index is 12.4. The molecule has 0 radical (unpaired) electrons. The SMILES string of the molecule is CNCc1cc(S(=O)(=O)NCC2(CCOC)CC2)c(Br)o1. The molecule has 1 aliphatic rings. The van der Waals surface area contributed by atoms with Gasteiger partial charge in [0.1, 0.15) is 10.7 Å². The van der Waals surface area contributed by atoms with E-state index in [1.165, 1.54) is 6.07 Å². The number of hydrogen-bond donors (Lipinski definition) is 2. The predicted octanol–water partition coefficient (Wildman–Crippen LogP) is 1.86. The maximum atomic E-state index is 12.4. The van der Waals surface area contributed by atoms with Crippen molar-refractivity contribution in [2.45, 2.75) is 30.7 Å². The first kappa shape index (κ1) is 17.0. The Hall–Kier alpha value is -0.410. The lowest BCUT2D eigenvalue weighted by molar-refractivity contribution is 0.173. The van der Waals surface area contributed by atoms with E-state index in [2.05, 4.69) is 26.0 Å². The Kier molecular flexibility index (Phi) is 5.48. The molecule has 120 valence electrons. The van der Waals surface area contributed by atoms with E-state index in [1.54, 1.807) is 14.2 Å². The largest absolute Gasteiger partial charge is 0.452 e. The smallest absolute Gasteiger partial charge is 0.244 e. The van der Waals surface area contributed by atoms with Crippen molar-refractivity contribution in [1.29, 1.82) is 0 Å². The number of rotatable bonds is 9. The van der Waals surface area contributed by atoms with E-state index in [4.69, 9.17) is 9.15 Å². The van der Waals surface area contributed by atoms with Crippen LogP contribution in [0.25, 0.3) is 0 Å². The van der Waals surface area contributed by atoms with Crippen LogP contribution in [-0.2, 0) is 21.3 Å². The quantitative estimate of drug-likeness (QED) is 0.683. The molecule has 8 heteroatoms. The second kappa shape index (κ2) is 6.78. The summed E-state index contributed by atoms with van der Waals surface area (Å²) in [7, 11) is -0.134. The summed E-state index contributed by atoms with van der Waals surface area (Å²) in [4.78, 5) is 0.148. The van der Waals surface area contributed by atoms with Gasteiger partial charge in [-0.15, -0.1) is 0 Å². The van der Waals surface area contributed by atoms with Crippen molar-refractivity contribution >= 4 is 26.0 Å². The van der Waals surface area contributed by atoms with Crippen molar-refractivity contribution in [2.75, 3.05) is 27.3 Å². The van der Waals surface area contributed by atoms with Crippen LogP contribution in [0, 0.1) is 5.41 Å². The molecule has 1 saturated carbocycles. The summed E-state index contributed by atoms with van der Waals surface area (Å²) in [5.41, 5.74) is 0.0626. The summed E-state index contributed by atoms with van der Waals surface area (Å²) >= 11 is 3.17. The molecule has 0 unspecified atom stereocenters. The molecule has 0 saturated heterocycles. The molecule has 2 rings (SSSR count). The number of halogens is 1. The average Bonchev–Trinajstić information content (AvgIpc) is 3.11. The number of methoxy groups -OCH3 is 1. The highest BCUT2D eigenvalue weighted by atomic mass is 79.9. The van der Waals surface area contributed by atoms with E-state index in [0.29, 0.717) is 25.5 Å². The van der Waals surface area contributed by atoms with Crippen LogP contribution in [-0.4, -0.2) is 35.7 Å². The molecule has 0 aliphatic heterocycles. The van der Waals surface area contributed by atoms with Gasteiger partial charge in [-0.3, -0.25) is 0 Å². The Morgan fingerprint density at radius 1 is 1.48 bits per heavy atom. The summed E-state index contributed by atoms with van der Waals surface area (Å²) < 4.78 is 38.1. The topological polar surface area (TPSA) is 80.6 Å². The van der Waals surface area contributed by atoms with Gasteiger partial charge in [0.25, 0.3) is 0 Å². The summed E-state index contributed by atoms with van der Waals surface area (Å²) in [5, 5.41) is 2.92. The van der Waals surface area contributed by atoms with E-state index < -0.39 is 10.0 Å². The molecule has 0 amide bonds. The van der Waals surface area contributed by atoms with E-state index in [-0.39, 0.29) is 15.0 Å². The van der Waals surface area contributed by atoms with Gasteiger partial charge in [-0.05, 0) is 47.7 Å². The molecule has 1 heterocycles. The fourth-order valence-corrected chi connectivity index (χ4v) is 4.33. The third kappa shape index (κ3) is 4.29. The molecule has 0 spiro atoms. The molecule has 1 aromatic rings. The normalized spacial score (nSPS) is 17.1. The van der Waals surface area contributed by atoms with Gasteiger partial charge in [0, 0.05) is 26.3 Å². The van der Waals surface area contributed by atoms with E-state index in [9.17, 15) is 8.42 Å². The molecule has 1 fully saturated rings. The van der Waals surface area contributed by atoms with Gasteiger partial charge in [0.2, 0.25) is 10.0 Å². The third-order valence-electron chi connectivity index (χ3n) is 3.78. The minimum atomic E-state index is -3.57. The van der Waals surface area contributed by atoms with Crippen LogP contribution in [0.4, 0.5) is 0 Å². The molecule has 0 bridgehead atoms. The molecule has 1 aliphatic carbocycles. The van der Waals surface area contributed by atoms with E-state index in [1.807, 2.05) is 0 Å². The Morgan fingerprint density at radius 2 is 2.19 bits per heavy atom. The fraction of sp³-hybridized carbons (Fsp3) is 0.692. The van der Waals surface area contributed by atoms with Gasteiger partial charge in [-0.2, -0.15) is 0 Å². The first-order chi connectivity index (χ1) is 9.92. The van der Waals surface area contributed by atoms with Crippen LogP contribution in [0.3, 0.4) is 0 Å². The van der Waals surface area contributed by atoms with Crippen LogP contribution in [0.2, 0.25) is 0 Å². The van der Waals surface area contributed by atoms with Crippen molar-refractivity contribution < 1.29 is 17.6 Å². The minimum absolute atomic E-state index is 0.0626. The van der Waals surface area contributed by atoms with Gasteiger partial charge < -0.3 is 14.5 Å². The van der Waals surface area contributed by atoms with Crippen molar-refractivity contribution in [3.63, 3.8) is 0 Å². The van der Waals surface area contributed by atoms with E-state index in [0.717, 1.165) is 19.3 Å². The Bertz CT molecular complexity index is 581. The molecule has 21 heavy (non-hydrogen) atoms. The lowest BCUT2D eigenvalue weighted by Crippen LogP contribution is -2.30. The summed E-state index contributed by atoms with van der Waals surface area (Å²) in [6.07, 6.45) is 2.95. The number of furan rings is 1. The van der Waals surface area contributed by atoms with Gasteiger partial charge in [0.05, 0.1) is 6.54 Å². The highest BCUT2D eigenvalue weighted by Gasteiger charge is 2.43. The van der Waals surface area contributed by atoms with Crippen molar-refractivity contribution in [3.8, 4) is 0 Å². The Morgan fingerprint density at radius 3 is 2.76 bits per heavy atom. The summed E-state index contributed by atoms with van der Waals surface area (Å²) in [5.74, 6) is 0.574. The predicted molar refractivity (Wildman–Crippen MR) is 82.5 cm³/mol. The first-order valence-electron chi connectivity index (χ1n) is 6.84. The van der Waals surface area contributed by atoms with Crippen LogP contribution in [0.5, 0.6) is 0 Å². The number of nitrogens with one attached hydrogen (secondary N) is 2.